The molecule has 0 spiro atoms. The molecule has 0 fully saturated rings. The average Bonchev–Trinajstić information content (AvgIpc) is 2.16. The second-order valence-electron chi connectivity index (χ2n) is 2.92. The SMILES string of the molecule is Nc1ccc2ccc(CO)cc2n1. The maximum absolute atomic E-state index is 8.91. The summed E-state index contributed by atoms with van der Waals surface area (Å²) in [6.45, 7) is 0.0341. The lowest BCUT2D eigenvalue weighted by Crippen LogP contribution is -1.90. The van der Waals surface area contributed by atoms with E-state index in [2.05, 4.69) is 4.98 Å². The van der Waals surface area contributed by atoms with Gasteiger partial charge in [-0.05, 0) is 23.8 Å². The molecular formula is C10H10N2O. The summed E-state index contributed by atoms with van der Waals surface area (Å²) in [6.07, 6.45) is 0. The lowest BCUT2D eigenvalue weighted by molar-refractivity contribution is 0.282. The number of anilines is 1. The van der Waals surface area contributed by atoms with Crippen molar-refractivity contribution in [1.82, 2.24) is 4.98 Å². The molecule has 1 aromatic heterocycles. The molecule has 0 radical (unpaired) electrons. The molecule has 2 rings (SSSR count). The molecule has 0 saturated carbocycles. The van der Waals surface area contributed by atoms with Gasteiger partial charge in [0.05, 0.1) is 12.1 Å². The van der Waals surface area contributed by atoms with Crippen LogP contribution >= 0.6 is 0 Å². The van der Waals surface area contributed by atoms with Crippen LogP contribution in [-0.4, -0.2) is 10.1 Å². The first-order chi connectivity index (χ1) is 6.29. The van der Waals surface area contributed by atoms with Crippen molar-refractivity contribution >= 4 is 16.7 Å². The lowest BCUT2D eigenvalue weighted by atomic mass is 10.1. The van der Waals surface area contributed by atoms with Crippen LogP contribution in [0, 0.1) is 0 Å². The van der Waals surface area contributed by atoms with E-state index in [0.717, 1.165) is 16.5 Å². The summed E-state index contributed by atoms with van der Waals surface area (Å²) in [5, 5.41) is 9.94. The molecule has 1 aromatic carbocycles. The first-order valence-corrected chi connectivity index (χ1v) is 4.05. The number of hydrogen-bond acceptors (Lipinski definition) is 3. The highest BCUT2D eigenvalue weighted by Crippen LogP contribution is 2.15. The highest BCUT2D eigenvalue weighted by Gasteiger charge is 1.96. The fraction of sp³-hybridized carbons (Fsp3) is 0.100. The number of aliphatic hydroxyl groups excluding tert-OH is 1. The van der Waals surface area contributed by atoms with Crippen LogP contribution in [0.25, 0.3) is 10.9 Å². The van der Waals surface area contributed by atoms with Gasteiger partial charge in [-0.25, -0.2) is 4.98 Å². The first kappa shape index (κ1) is 8.01. The molecule has 13 heavy (non-hydrogen) atoms. The quantitative estimate of drug-likeness (QED) is 0.685. The van der Waals surface area contributed by atoms with Crippen LogP contribution in [0.4, 0.5) is 5.82 Å². The maximum Gasteiger partial charge on any atom is 0.124 e. The Kier molecular flexibility index (Phi) is 1.87. The van der Waals surface area contributed by atoms with Crippen molar-refractivity contribution in [3.05, 3.63) is 35.9 Å². The number of pyridine rings is 1. The first-order valence-electron chi connectivity index (χ1n) is 4.05. The molecule has 0 aliphatic rings. The smallest absolute Gasteiger partial charge is 0.124 e. The summed E-state index contributed by atoms with van der Waals surface area (Å²) in [5.41, 5.74) is 7.22. The number of fused-ring (bicyclic) bond motifs is 1. The molecule has 0 aliphatic heterocycles. The predicted molar refractivity (Wildman–Crippen MR) is 52.1 cm³/mol. The number of rotatable bonds is 1. The van der Waals surface area contributed by atoms with E-state index in [1.165, 1.54) is 0 Å². The Morgan fingerprint density at radius 2 is 2.00 bits per heavy atom. The molecule has 0 amide bonds. The van der Waals surface area contributed by atoms with Crippen LogP contribution in [0.5, 0.6) is 0 Å². The van der Waals surface area contributed by atoms with Crippen molar-refractivity contribution in [3.63, 3.8) is 0 Å². The number of nitrogens with zero attached hydrogens (tertiary/aromatic N) is 1. The molecular weight excluding hydrogens is 164 g/mol. The van der Waals surface area contributed by atoms with E-state index in [9.17, 15) is 0 Å². The summed E-state index contributed by atoms with van der Waals surface area (Å²) < 4.78 is 0. The average molecular weight is 174 g/mol. The third-order valence-electron chi connectivity index (χ3n) is 1.96. The van der Waals surface area contributed by atoms with Gasteiger partial charge in [0.15, 0.2) is 0 Å². The largest absolute Gasteiger partial charge is 0.392 e. The zero-order valence-corrected chi connectivity index (χ0v) is 7.07. The van der Waals surface area contributed by atoms with Crippen molar-refractivity contribution in [3.8, 4) is 0 Å². The Balaban J connectivity index is 2.68. The molecule has 0 saturated heterocycles. The van der Waals surface area contributed by atoms with Gasteiger partial charge in [0.2, 0.25) is 0 Å². The van der Waals surface area contributed by atoms with E-state index in [-0.39, 0.29) is 6.61 Å². The summed E-state index contributed by atoms with van der Waals surface area (Å²) >= 11 is 0. The third-order valence-corrected chi connectivity index (χ3v) is 1.96. The number of nitrogens with two attached hydrogens (primary N) is 1. The van der Waals surface area contributed by atoms with E-state index in [0.29, 0.717) is 5.82 Å². The van der Waals surface area contributed by atoms with Gasteiger partial charge in [0, 0.05) is 5.39 Å². The monoisotopic (exact) mass is 174 g/mol. The number of aliphatic hydroxyl groups is 1. The van der Waals surface area contributed by atoms with E-state index >= 15 is 0 Å². The van der Waals surface area contributed by atoms with Gasteiger partial charge >= 0.3 is 0 Å². The summed E-state index contributed by atoms with van der Waals surface area (Å²) in [4.78, 5) is 4.15. The standard InChI is InChI=1S/C10H10N2O/c11-10-4-3-8-2-1-7(6-13)5-9(8)12-10/h1-5,13H,6H2,(H2,11,12). The summed E-state index contributed by atoms with van der Waals surface area (Å²) in [7, 11) is 0. The van der Waals surface area contributed by atoms with Gasteiger partial charge in [-0.15, -0.1) is 0 Å². The van der Waals surface area contributed by atoms with Gasteiger partial charge < -0.3 is 10.8 Å². The van der Waals surface area contributed by atoms with Crippen molar-refractivity contribution in [1.29, 1.82) is 0 Å². The van der Waals surface area contributed by atoms with Gasteiger partial charge in [0.25, 0.3) is 0 Å². The molecule has 2 aromatic rings. The van der Waals surface area contributed by atoms with Gasteiger partial charge in [0.1, 0.15) is 5.82 Å². The Labute approximate surface area is 75.8 Å². The maximum atomic E-state index is 8.91. The Morgan fingerprint density at radius 1 is 1.23 bits per heavy atom. The van der Waals surface area contributed by atoms with Crippen molar-refractivity contribution in [2.75, 3.05) is 5.73 Å². The molecule has 1 heterocycles. The molecule has 0 bridgehead atoms. The lowest BCUT2D eigenvalue weighted by Gasteiger charge is -2.00. The molecule has 3 nitrogen and oxygen atoms in total. The highest BCUT2D eigenvalue weighted by atomic mass is 16.3. The van der Waals surface area contributed by atoms with Crippen LogP contribution in [0.1, 0.15) is 5.56 Å². The van der Waals surface area contributed by atoms with Crippen molar-refractivity contribution in [2.24, 2.45) is 0 Å². The van der Waals surface area contributed by atoms with E-state index in [1.54, 1.807) is 6.07 Å². The minimum Gasteiger partial charge on any atom is -0.392 e. The second kappa shape index (κ2) is 3.03. The van der Waals surface area contributed by atoms with Gasteiger partial charge in [-0.2, -0.15) is 0 Å². The molecule has 0 unspecified atom stereocenters. The third kappa shape index (κ3) is 1.46. The molecule has 0 atom stereocenters. The molecule has 0 aliphatic carbocycles. The topological polar surface area (TPSA) is 59.1 Å². The van der Waals surface area contributed by atoms with Crippen LogP contribution in [0.15, 0.2) is 30.3 Å². The summed E-state index contributed by atoms with van der Waals surface area (Å²) in [5.74, 6) is 0.502. The Hall–Kier alpha value is -1.61. The minimum absolute atomic E-state index is 0.0341. The van der Waals surface area contributed by atoms with Crippen LogP contribution in [0.3, 0.4) is 0 Å². The number of aromatic nitrogens is 1. The van der Waals surface area contributed by atoms with Gasteiger partial charge in [-0.1, -0.05) is 12.1 Å². The van der Waals surface area contributed by atoms with Gasteiger partial charge in [-0.3, -0.25) is 0 Å². The zero-order chi connectivity index (χ0) is 9.26. The molecule has 3 heteroatoms. The fourth-order valence-electron chi connectivity index (χ4n) is 1.28. The van der Waals surface area contributed by atoms with Crippen molar-refractivity contribution in [2.45, 2.75) is 6.61 Å². The fourth-order valence-corrected chi connectivity index (χ4v) is 1.28. The number of hydrogen-bond donors (Lipinski definition) is 2. The van der Waals surface area contributed by atoms with Crippen molar-refractivity contribution < 1.29 is 5.11 Å². The van der Waals surface area contributed by atoms with Crippen LogP contribution in [-0.2, 0) is 6.61 Å². The highest BCUT2D eigenvalue weighted by molar-refractivity contribution is 5.80. The normalized spacial score (nSPS) is 10.5. The predicted octanol–water partition coefficient (Wildman–Crippen LogP) is 1.31. The summed E-state index contributed by atoms with van der Waals surface area (Å²) in [6, 6.07) is 9.32. The Bertz CT molecular complexity index is 440. The van der Waals surface area contributed by atoms with Crippen LogP contribution < -0.4 is 5.73 Å². The number of benzene rings is 1. The minimum atomic E-state index is 0.0341. The van der Waals surface area contributed by atoms with E-state index in [4.69, 9.17) is 10.8 Å². The second-order valence-corrected chi connectivity index (χ2v) is 2.92. The molecule has 3 N–H and O–H groups in total. The Morgan fingerprint density at radius 3 is 2.77 bits per heavy atom. The van der Waals surface area contributed by atoms with E-state index < -0.39 is 0 Å². The molecule has 66 valence electrons. The zero-order valence-electron chi connectivity index (χ0n) is 7.07. The van der Waals surface area contributed by atoms with E-state index in [1.807, 2.05) is 24.3 Å². The number of nitrogen functional groups attached to an aromatic ring is 1. The van der Waals surface area contributed by atoms with Crippen LogP contribution in [0.2, 0.25) is 0 Å².